The Kier molecular flexibility index (Phi) is 4.60. The monoisotopic (exact) mass is 406 g/mol. The molecule has 0 bridgehead atoms. The smallest absolute Gasteiger partial charge is 0.323 e. The molecule has 3 amide bonds. The van der Waals surface area contributed by atoms with Gasteiger partial charge < -0.3 is 16.4 Å². The van der Waals surface area contributed by atoms with Gasteiger partial charge in [-0.15, -0.1) is 0 Å². The van der Waals surface area contributed by atoms with E-state index in [1.807, 2.05) is 18.2 Å². The van der Waals surface area contributed by atoms with Crippen LogP contribution in [0.4, 0.5) is 10.5 Å². The third-order valence-electron chi connectivity index (χ3n) is 6.85. The molecule has 7 heteroatoms. The van der Waals surface area contributed by atoms with E-state index >= 15 is 0 Å². The van der Waals surface area contributed by atoms with Crippen LogP contribution in [-0.4, -0.2) is 22.4 Å². The second-order valence-corrected chi connectivity index (χ2v) is 8.75. The molecule has 0 spiro atoms. The molecule has 1 aromatic carbocycles. The molecule has 4 N–H and O–H groups in total. The number of carbonyl (C=O) groups excluding carboxylic acids is 3. The lowest BCUT2D eigenvalue weighted by Crippen LogP contribution is -2.38. The maximum absolute atomic E-state index is 13.3. The average Bonchev–Trinajstić information content (AvgIpc) is 3.24. The molecule has 7 nitrogen and oxygen atoms in total. The number of rotatable bonds is 4. The minimum Gasteiger partial charge on any atom is -0.351 e. The molecule has 1 heterocycles. The Labute approximate surface area is 174 Å². The Balaban J connectivity index is 1.36. The highest BCUT2D eigenvalue weighted by molar-refractivity contribution is 6.06. The molecular formula is C23H26N4O3. The minimum absolute atomic E-state index is 0.0323. The number of hydrogen-bond donors (Lipinski definition) is 3. The molecule has 5 rings (SSSR count). The van der Waals surface area contributed by atoms with E-state index in [0.717, 1.165) is 49.6 Å². The van der Waals surface area contributed by atoms with Crippen LogP contribution in [0.15, 0.2) is 42.2 Å². The number of amides is 3. The van der Waals surface area contributed by atoms with Gasteiger partial charge in [-0.1, -0.05) is 24.3 Å². The summed E-state index contributed by atoms with van der Waals surface area (Å²) in [6, 6.07) is 6.70. The predicted octanol–water partition coefficient (Wildman–Crippen LogP) is 3.35. The summed E-state index contributed by atoms with van der Waals surface area (Å²) in [5.74, 6) is -0.0921. The van der Waals surface area contributed by atoms with Crippen molar-refractivity contribution in [2.45, 2.75) is 38.5 Å². The summed E-state index contributed by atoms with van der Waals surface area (Å²) in [7, 11) is 0. The molecular weight excluding hydrogens is 380 g/mol. The molecule has 156 valence electrons. The van der Waals surface area contributed by atoms with Crippen LogP contribution in [0.5, 0.6) is 0 Å². The van der Waals surface area contributed by atoms with Crippen molar-refractivity contribution in [3.8, 4) is 0 Å². The highest BCUT2D eigenvalue weighted by Gasteiger charge is 2.58. The fourth-order valence-electron chi connectivity index (χ4n) is 5.28. The van der Waals surface area contributed by atoms with Gasteiger partial charge in [-0.25, -0.2) is 4.79 Å². The summed E-state index contributed by atoms with van der Waals surface area (Å²) in [5, 5.41) is 6.81. The summed E-state index contributed by atoms with van der Waals surface area (Å²) >= 11 is 0. The van der Waals surface area contributed by atoms with Gasteiger partial charge in [0.05, 0.1) is 23.0 Å². The molecule has 2 aromatic rings. The van der Waals surface area contributed by atoms with Crippen molar-refractivity contribution in [1.82, 2.24) is 9.88 Å². The lowest BCUT2D eigenvalue weighted by atomic mass is 9.89. The van der Waals surface area contributed by atoms with Gasteiger partial charge in [0.25, 0.3) is 0 Å². The number of primary amides is 1. The van der Waals surface area contributed by atoms with Gasteiger partial charge in [0.1, 0.15) is 0 Å². The van der Waals surface area contributed by atoms with Gasteiger partial charge >= 0.3 is 6.03 Å². The van der Waals surface area contributed by atoms with E-state index in [-0.39, 0.29) is 29.6 Å². The third kappa shape index (κ3) is 3.28. The minimum atomic E-state index is -0.604. The van der Waals surface area contributed by atoms with Gasteiger partial charge in [-0.2, -0.15) is 0 Å². The molecule has 0 saturated heterocycles. The standard InChI is InChI=1S/C23H26N4O3/c24-23(30)27-12-18(15-8-4-5-9-19(15)27)26-22(29)20-16-10-13(16)11-17(20)21(28)25-14-6-2-1-3-7-14/h4-6,8-9,12-13,16-17,20H,1-3,7,10-11H2,(H2,24,30)(H,25,28)(H,26,29). The van der Waals surface area contributed by atoms with E-state index in [1.54, 1.807) is 12.3 Å². The Morgan fingerprint density at radius 3 is 2.63 bits per heavy atom. The molecule has 2 saturated carbocycles. The quantitative estimate of drug-likeness (QED) is 0.725. The lowest BCUT2D eigenvalue weighted by Gasteiger charge is -2.23. The van der Waals surface area contributed by atoms with Crippen molar-refractivity contribution >= 4 is 34.4 Å². The maximum Gasteiger partial charge on any atom is 0.323 e. The number of para-hydroxylation sites is 1. The Hall–Kier alpha value is -3.09. The number of hydrogen-bond acceptors (Lipinski definition) is 3. The molecule has 3 aliphatic carbocycles. The largest absolute Gasteiger partial charge is 0.351 e. The summed E-state index contributed by atoms with van der Waals surface area (Å²) < 4.78 is 1.33. The van der Waals surface area contributed by atoms with Crippen LogP contribution >= 0.6 is 0 Å². The molecule has 0 radical (unpaired) electrons. The van der Waals surface area contributed by atoms with Crippen LogP contribution in [0.1, 0.15) is 38.5 Å². The van der Waals surface area contributed by atoms with Crippen LogP contribution in [-0.2, 0) is 9.59 Å². The number of carbonyl (C=O) groups is 3. The molecule has 4 unspecified atom stereocenters. The molecule has 30 heavy (non-hydrogen) atoms. The number of nitrogens with two attached hydrogens (primary N) is 1. The Morgan fingerprint density at radius 2 is 1.87 bits per heavy atom. The average molecular weight is 406 g/mol. The van der Waals surface area contributed by atoms with E-state index < -0.39 is 6.03 Å². The fourth-order valence-corrected chi connectivity index (χ4v) is 5.28. The van der Waals surface area contributed by atoms with Crippen molar-refractivity contribution in [3.05, 3.63) is 42.2 Å². The van der Waals surface area contributed by atoms with Gasteiger partial charge in [-0.05, 0) is 56.4 Å². The van der Waals surface area contributed by atoms with Crippen molar-refractivity contribution in [1.29, 1.82) is 0 Å². The predicted molar refractivity (Wildman–Crippen MR) is 113 cm³/mol. The molecule has 3 aliphatic rings. The summed E-state index contributed by atoms with van der Waals surface area (Å²) in [4.78, 5) is 38.0. The summed E-state index contributed by atoms with van der Waals surface area (Å²) in [6.07, 6.45) is 9.59. The first-order chi connectivity index (χ1) is 14.5. The van der Waals surface area contributed by atoms with Crippen LogP contribution in [0.2, 0.25) is 0 Å². The van der Waals surface area contributed by atoms with Gasteiger partial charge in [0.2, 0.25) is 11.8 Å². The molecule has 2 fully saturated rings. The topological polar surface area (TPSA) is 106 Å². The second kappa shape index (κ2) is 7.31. The Morgan fingerprint density at radius 1 is 1.03 bits per heavy atom. The number of nitrogens with one attached hydrogen (secondary N) is 2. The van der Waals surface area contributed by atoms with E-state index in [4.69, 9.17) is 5.73 Å². The number of allylic oxidation sites excluding steroid dienone is 2. The number of aromatic nitrogens is 1. The lowest BCUT2D eigenvalue weighted by molar-refractivity contribution is -0.131. The highest BCUT2D eigenvalue weighted by Crippen LogP contribution is 2.58. The Bertz CT molecular complexity index is 1070. The van der Waals surface area contributed by atoms with E-state index in [2.05, 4.69) is 16.7 Å². The number of anilines is 1. The first kappa shape index (κ1) is 18.9. The number of fused-ring (bicyclic) bond motifs is 2. The third-order valence-corrected chi connectivity index (χ3v) is 6.85. The van der Waals surface area contributed by atoms with E-state index in [1.165, 1.54) is 4.57 Å². The summed E-state index contributed by atoms with van der Waals surface area (Å²) in [5.41, 5.74) is 7.67. The van der Waals surface area contributed by atoms with E-state index in [0.29, 0.717) is 17.1 Å². The van der Waals surface area contributed by atoms with E-state index in [9.17, 15) is 14.4 Å². The summed E-state index contributed by atoms with van der Waals surface area (Å²) in [6.45, 7) is 0. The van der Waals surface area contributed by atoms with Crippen LogP contribution in [0.3, 0.4) is 0 Å². The first-order valence-electron chi connectivity index (χ1n) is 10.7. The van der Waals surface area contributed by atoms with Crippen molar-refractivity contribution in [2.24, 2.45) is 29.4 Å². The molecule has 0 aliphatic heterocycles. The van der Waals surface area contributed by atoms with Crippen molar-refractivity contribution in [3.63, 3.8) is 0 Å². The van der Waals surface area contributed by atoms with Gasteiger partial charge in [-0.3, -0.25) is 14.2 Å². The normalized spacial score (nSPS) is 27.3. The zero-order chi connectivity index (χ0) is 20.8. The number of benzene rings is 1. The van der Waals surface area contributed by atoms with Crippen molar-refractivity contribution < 1.29 is 14.4 Å². The van der Waals surface area contributed by atoms with Crippen LogP contribution < -0.4 is 16.4 Å². The SMILES string of the molecule is NC(=O)n1cc(NC(=O)C2C(C(=O)NC3=CCCCC3)CC3CC32)c2ccccc21. The van der Waals surface area contributed by atoms with Gasteiger partial charge in [0, 0.05) is 17.3 Å². The molecule has 4 atom stereocenters. The zero-order valence-corrected chi connectivity index (χ0v) is 16.8. The fraction of sp³-hybridized carbons (Fsp3) is 0.435. The van der Waals surface area contributed by atoms with Crippen LogP contribution in [0.25, 0.3) is 10.9 Å². The zero-order valence-electron chi connectivity index (χ0n) is 16.8. The molecule has 1 aromatic heterocycles. The van der Waals surface area contributed by atoms with Crippen LogP contribution in [0, 0.1) is 23.7 Å². The second-order valence-electron chi connectivity index (χ2n) is 8.75. The first-order valence-corrected chi connectivity index (χ1v) is 10.7. The number of nitrogens with zero attached hydrogens (tertiary/aromatic N) is 1. The maximum atomic E-state index is 13.3. The highest BCUT2D eigenvalue weighted by atomic mass is 16.2. The van der Waals surface area contributed by atoms with Crippen molar-refractivity contribution in [2.75, 3.05) is 5.32 Å². The van der Waals surface area contributed by atoms with Gasteiger partial charge in [0.15, 0.2) is 0 Å².